The third kappa shape index (κ3) is 3.71. The highest BCUT2D eigenvalue weighted by Crippen LogP contribution is 2.35. The Morgan fingerprint density at radius 3 is 3.10 bits per heavy atom. The summed E-state index contributed by atoms with van der Waals surface area (Å²) >= 11 is 0. The summed E-state index contributed by atoms with van der Waals surface area (Å²) in [5.41, 5.74) is 2.19. The first-order valence-electron chi connectivity index (χ1n) is 7.02. The van der Waals surface area contributed by atoms with Crippen molar-refractivity contribution in [2.45, 2.75) is 25.3 Å². The maximum absolute atomic E-state index is 11.5. The zero-order chi connectivity index (χ0) is 14.4. The van der Waals surface area contributed by atoms with Gasteiger partial charge in [-0.2, -0.15) is 0 Å². The van der Waals surface area contributed by atoms with E-state index in [1.807, 2.05) is 12.1 Å². The zero-order valence-electron chi connectivity index (χ0n) is 11.8. The first-order valence-corrected chi connectivity index (χ1v) is 7.02. The number of carbonyl (C=O) groups is 1. The predicted octanol–water partition coefficient (Wildman–Crippen LogP) is 1.12. The molecule has 1 aliphatic carbocycles. The quantitative estimate of drug-likeness (QED) is 0.654. The largest absolute Gasteiger partial charge is 0.508 e. The number of methoxy groups -OCH3 is 1. The second kappa shape index (κ2) is 7.26. The van der Waals surface area contributed by atoms with Gasteiger partial charge in [-0.15, -0.1) is 0 Å². The van der Waals surface area contributed by atoms with E-state index in [-0.39, 0.29) is 11.9 Å². The second-order valence-electron chi connectivity index (χ2n) is 4.98. The lowest BCUT2D eigenvalue weighted by Gasteiger charge is -2.14. The molecule has 0 radical (unpaired) electrons. The molecule has 0 bridgehead atoms. The third-order valence-electron chi connectivity index (χ3n) is 3.62. The highest BCUT2D eigenvalue weighted by Gasteiger charge is 2.23. The average Bonchev–Trinajstić information content (AvgIpc) is 2.84. The molecule has 1 aliphatic rings. The number of hydrogen-bond donors (Lipinski definition) is 3. The zero-order valence-corrected chi connectivity index (χ0v) is 11.8. The van der Waals surface area contributed by atoms with Crippen molar-refractivity contribution in [2.75, 3.05) is 26.8 Å². The van der Waals surface area contributed by atoms with Crippen molar-refractivity contribution in [3.8, 4) is 5.75 Å². The fourth-order valence-electron chi connectivity index (χ4n) is 2.59. The van der Waals surface area contributed by atoms with E-state index in [0.29, 0.717) is 31.9 Å². The molecule has 0 saturated heterocycles. The number of phenols is 1. The van der Waals surface area contributed by atoms with E-state index in [9.17, 15) is 9.90 Å². The van der Waals surface area contributed by atoms with E-state index >= 15 is 0 Å². The fraction of sp³-hybridized carbons (Fsp3) is 0.533. The Labute approximate surface area is 119 Å². The molecule has 1 aromatic rings. The molecule has 0 fully saturated rings. The minimum Gasteiger partial charge on any atom is -0.508 e. The molecule has 0 spiro atoms. The van der Waals surface area contributed by atoms with Gasteiger partial charge in [0.2, 0.25) is 5.91 Å². The number of hydrogen-bond acceptors (Lipinski definition) is 4. The summed E-state index contributed by atoms with van der Waals surface area (Å²) in [6, 6.07) is 5.87. The van der Waals surface area contributed by atoms with E-state index in [1.54, 1.807) is 13.2 Å². The molecule has 0 aliphatic heterocycles. The van der Waals surface area contributed by atoms with Gasteiger partial charge in [-0.1, -0.05) is 12.1 Å². The standard InChI is InChI=1S/C15H22N2O3/c1-20-10-9-17-15(19)7-8-16-13-6-5-12-11(13)3-2-4-14(12)18/h2-4,13,16,18H,5-10H2,1H3,(H,17,19). The lowest BCUT2D eigenvalue weighted by Crippen LogP contribution is -2.31. The summed E-state index contributed by atoms with van der Waals surface area (Å²) in [5.74, 6) is 0.410. The summed E-state index contributed by atoms with van der Waals surface area (Å²) in [6.07, 6.45) is 2.31. The van der Waals surface area contributed by atoms with Gasteiger partial charge in [-0.3, -0.25) is 4.79 Å². The SMILES string of the molecule is COCCNC(=O)CCNC1CCc2c(O)cccc21. The predicted molar refractivity (Wildman–Crippen MR) is 76.7 cm³/mol. The summed E-state index contributed by atoms with van der Waals surface area (Å²) in [7, 11) is 1.61. The molecule has 2 rings (SSSR count). The van der Waals surface area contributed by atoms with Crippen LogP contribution in [-0.2, 0) is 16.0 Å². The fourth-order valence-corrected chi connectivity index (χ4v) is 2.59. The van der Waals surface area contributed by atoms with Gasteiger partial charge in [0.15, 0.2) is 0 Å². The van der Waals surface area contributed by atoms with Crippen LogP contribution >= 0.6 is 0 Å². The molecular weight excluding hydrogens is 256 g/mol. The monoisotopic (exact) mass is 278 g/mol. The normalized spacial score (nSPS) is 16.9. The molecule has 5 heteroatoms. The summed E-state index contributed by atoms with van der Waals surface area (Å²) in [6.45, 7) is 1.72. The highest BCUT2D eigenvalue weighted by molar-refractivity contribution is 5.76. The molecule has 20 heavy (non-hydrogen) atoms. The summed E-state index contributed by atoms with van der Waals surface area (Å²) < 4.78 is 4.87. The molecule has 1 aromatic carbocycles. The topological polar surface area (TPSA) is 70.6 Å². The van der Waals surface area contributed by atoms with Crippen LogP contribution in [0.15, 0.2) is 18.2 Å². The summed E-state index contributed by atoms with van der Waals surface area (Å²) in [5, 5.41) is 16.0. The minimum atomic E-state index is 0.0312. The Hall–Kier alpha value is -1.59. The Bertz CT molecular complexity index is 462. The number of ether oxygens (including phenoxy) is 1. The van der Waals surface area contributed by atoms with Crippen LogP contribution in [0, 0.1) is 0 Å². The maximum Gasteiger partial charge on any atom is 0.221 e. The van der Waals surface area contributed by atoms with E-state index in [1.165, 1.54) is 0 Å². The van der Waals surface area contributed by atoms with Gasteiger partial charge in [-0.05, 0) is 30.0 Å². The molecule has 110 valence electrons. The second-order valence-corrected chi connectivity index (χ2v) is 4.98. The van der Waals surface area contributed by atoms with Crippen molar-refractivity contribution in [2.24, 2.45) is 0 Å². The third-order valence-corrected chi connectivity index (χ3v) is 3.62. The highest BCUT2D eigenvalue weighted by atomic mass is 16.5. The van der Waals surface area contributed by atoms with Crippen LogP contribution in [0.4, 0.5) is 0 Å². The Balaban J connectivity index is 1.74. The molecule has 3 N–H and O–H groups in total. The number of phenolic OH excluding ortho intramolecular Hbond substituents is 1. The van der Waals surface area contributed by atoms with Crippen molar-refractivity contribution in [1.82, 2.24) is 10.6 Å². The van der Waals surface area contributed by atoms with Crippen molar-refractivity contribution < 1.29 is 14.6 Å². The first-order chi connectivity index (χ1) is 9.72. The van der Waals surface area contributed by atoms with Gasteiger partial charge in [0.1, 0.15) is 5.75 Å². The van der Waals surface area contributed by atoms with Crippen LogP contribution in [0.3, 0.4) is 0 Å². The van der Waals surface area contributed by atoms with Crippen LogP contribution in [-0.4, -0.2) is 37.8 Å². The number of fused-ring (bicyclic) bond motifs is 1. The number of rotatable bonds is 7. The smallest absolute Gasteiger partial charge is 0.221 e. The van der Waals surface area contributed by atoms with Gasteiger partial charge < -0.3 is 20.5 Å². The van der Waals surface area contributed by atoms with Crippen molar-refractivity contribution >= 4 is 5.91 Å². The molecule has 0 saturated carbocycles. The van der Waals surface area contributed by atoms with Gasteiger partial charge in [0.05, 0.1) is 6.61 Å². The van der Waals surface area contributed by atoms with Crippen LogP contribution in [0.5, 0.6) is 5.75 Å². The Kier molecular flexibility index (Phi) is 5.38. The van der Waals surface area contributed by atoms with Gasteiger partial charge >= 0.3 is 0 Å². The van der Waals surface area contributed by atoms with E-state index in [2.05, 4.69) is 10.6 Å². The van der Waals surface area contributed by atoms with Crippen molar-refractivity contribution in [3.63, 3.8) is 0 Å². The van der Waals surface area contributed by atoms with Crippen LogP contribution in [0.25, 0.3) is 0 Å². The van der Waals surface area contributed by atoms with Crippen LogP contribution < -0.4 is 10.6 Å². The molecule has 1 atom stereocenters. The summed E-state index contributed by atoms with van der Waals surface area (Å²) in [4.78, 5) is 11.5. The maximum atomic E-state index is 11.5. The Morgan fingerprint density at radius 1 is 1.45 bits per heavy atom. The number of carbonyl (C=O) groups excluding carboxylic acids is 1. The number of amides is 1. The molecule has 0 aromatic heterocycles. The van der Waals surface area contributed by atoms with Gasteiger partial charge in [0.25, 0.3) is 0 Å². The van der Waals surface area contributed by atoms with Crippen LogP contribution in [0.1, 0.15) is 30.0 Å². The van der Waals surface area contributed by atoms with Crippen LogP contribution in [0.2, 0.25) is 0 Å². The van der Waals surface area contributed by atoms with Crippen molar-refractivity contribution in [1.29, 1.82) is 0 Å². The Morgan fingerprint density at radius 2 is 2.30 bits per heavy atom. The van der Waals surface area contributed by atoms with Crippen molar-refractivity contribution in [3.05, 3.63) is 29.3 Å². The molecule has 5 nitrogen and oxygen atoms in total. The average molecular weight is 278 g/mol. The van der Waals surface area contributed by atoms with E-state index < -0.39 is 0 Å². The minimum absolute atomic E-state index is 0.0312. The van der Waals surface area contributed by atoms with E-state index in [4.69, 9.17) is 4.74 Å². The number of benzene rings is 1. The molecule has 1 amide bonds. The lowest BCUT2D eigenvalue weighted by atomic mass is 10.1. The lowest BCUT2D eigenvalue weighted by molar-refractivity contribution is -0.121. The molecular formula is C15H22N2O3. The van der Waals surface area contributed by atoms with Gasteiger partial charge in [0, 0.05) is 32.7 Å². The van der Waals surface area contributed by atoms with E-state index in [0.717, 1.165) is 24.0 Å². The van der Waals surface area contributed by atoms with Gasteiger partial charge in [-0.25, -0.2) is 0 Å². The first kappa shape index (κ1) is 14.8. The molecule has 1 unspecified atom stereocenters. The number of aromatic hydroxyl groups is 1. The molecule has 0 heterocycles. The number of nitrogens with one attached hydrogen (secondary N) is 2.